The van der Waals surface area contributed by atoms with Gasteiger partial charge in [-0.25, -0.2) is 0 Å². The van der Waals surface area contributed by atoms with E-state index in [1.165, 1.54) is 0 Å². The van der Waals surface area contributed by atoms with E-state index in [9.17, 15) is 9.59 Å². The summed E-state index contributed by atoms with van der Waals surface area (Å²) in [6, 6.07) is 14.2. The van der Waals surface area contributed by atoms with Crippen LogP contribution in [0, 0.1) is 6.92 Å². The van der Waals surface area contributed by atoms with E-state index in [4.69, 9.17) is 4.74 Å². The Morgan fingerprint density at radius 3 is 2.45 bits per heavy atom. The predicted octanol–water partition coefficient (Wildman–Crippen LogP) is 2.37. The number of benzene rings is 2. The first-order valence-corrected chi connectivity index (χ1v) is 6.90. The number of rotatable bonds is 5. The number of amides is 2. The van der Waals surface area contributed by atoms with Crippen molar-refractivity contribution in [2.75, 3.05) is 19.0 Å². The van der Waals surface area contributed by atoms with E-state index < -0.39 is 0 Å². The normalized spacial score (nSPS) is 9.91. The van der Waals surface area contributed by atoms with Crippen LogP contribution in [0.3, 0.4) is 0 Å². The summed E-state index contributed by atoms with van der Waals surface area (Å²) in [5, 5.41) is 5.25. The van der Waals surface area contributed by atoms with Crippen molar-refractivity contribution in [3.63, 3.8) is 0 Å². The number of hydrogen-bond acceptors (Lipinski definition) is 3. The molecular weight excluding hydrogens is 280 g/mol. The highest BCUT2D eigenvalue weighted by atomic mass is 16.5. The number of carbonyl (C=O) groups excluding carboxylic acids is 2. The smallest absolute Gasteiger partial charge is 0.262 e. The average molecular weight is 298 g/mol. The summed E-state index contributed by atoms with van der Waals surface area (Å²) in [5.41, 5.74) is 2.23. The van der Waals surface area contributed by atoms with Crippen LogP contribution in [0.25, 0.3) is 0 Å². The van der Waals surface area contributed by atoms with Crippen molar-refractivity contribution in [3.05, 3.63) is 59.7 Å². The standard InChI is InChI=1S/C17H18N2O3/c1-12-4-3-5-15(10-12)22-11-16(20)19-14-8-6-13(7-9-14)17(21)18-2/h3-10H,11H2,1-2H3,(H,18,21)(H,19,20). The molecule has 0 radical (unpaired) electrons. The monoisotopic (exact) mass is 298 g/mol. The minimum Gasteiger partial charge on any atom is -0.484 e. The third-order valence-corrected chi connectivity index (χ3v) is 3.02. The van der Waals surface area contributed by atoms with Gasteiger partial charge in [0, 0.05) is 18.3 Å². The lowest BCUT2D eigenvalue weighted by Gasteiger charge is -2.08. The number of aryl methyl sites for hydroxylation is 1. The van der Waals surface area contributed by atoms with Crippen LogP contribution in [0.1, 0.15) is 15.9 Å². The summed E-state index contributed by atoms with van der Waals surface area (Å²) in [6.07, 6.45) is 0. The Morgan fingerprint density at radius 2 is 1.82 bits per heavy atom. The number of anilines is 1. The van der Waals surface area contributed by atoms with Crippen LogP contribution in [-0.4, -0.2) is 25.5 Å². The molecular formula is C17H18N2O3. The highest BCUT2D eigenvalue weighted by Crippen LogP contribution is 2.13. The molecule has 0 bridgehead atoms. The Morgan fingerprint density at radius 1 is 1.09 bits per heavy atom. The molecule has 0 aliphatic rings. The molecule has 2 aromatic carbocycles. The molecule has 114 valence electrons. The third kappa shape index (κ3) is 4.34. The molecule has 0 aliphatic heterocycles. The van der Waals surface area contributed by atoms with Crippen LogP contribution in [0.4, 0.5) is 5.69 Å². The van der Waals surface area contributed by atoms with Gasteiger partial charge in [-0.1, -0.05) is 12.1 Å². The zero-order chi connectivity index (χ0) is 15.9. The van der Waals surface area contributed by atoms with E-state index in [0.717, 1.165) is 5.56 Å². The molecule has 5 heteroatoms. The Labute approximate surface area is 129 Å². The Bertz CT molecular complexity index is 666. The second-order valence-corrected chi connectivity index (χ2v) is 4.81. The van der Waals surface area contributed by atoms with Crippen LogP contribution in [0.2, 0.25) is 0 Å². The number of carbonyl (C=O) groups is 2. The average Bonchev–Trinajstić information content (AvgIpc) is 2.53. The maximum atomic E-state index is 11.8. The molecule has 0 spiro atoms. The van der Waals surface area contributed by atoms with Crippen LogP contribution >= 0.6 is 0 Å². The van der Waals surface area contributed by atoms with Gasteiger partial charge in [0.1, 0.15) is 5.75 Å². The third-order valence-electron chi connectivity index (χ3n) is 3.02. The lowest BCUT2D eigenvalue weighted by atomic mass is 10.2. The molecule has 0 fully saturated rings. The quantitative estimate of drug-likeness (QED) is 0.890. The minimum atomic E-state index is -0.255. The molecule has 22 heavy (non-hydrogen) atoms. The maximum Gasteiger partial charge on any atom is 0.262 e. The topological polar surface area (TPSA) is 67.4 Å². The molecule has 2 N–H and O–H groups in total. The summed E-state index contributed by atoms with van der Waals surface area (Å²) < 4.78 is 5.42. The Kier molecular flexibility index (Phi) is 5.14. The number of nitrogens with one attached hydrogen (secondary N) is 2. The fraction of sp³-hybridized carbons (Fsp3) is 0.176. The molecule has 0 atom stereocenters. The molecule has 2 amide bonds. The minimum absolute atomic E-state index is 0.0688. The van der Waals surface area contributed by atoms with E-state index in [-0.39, 0.29) is 18.4 Å². The summed E-state index contributed by atoms with van der Waals surface area (Å²) in [5.74, 6) is 0.236. The van der Waals surface area contributed by atoms with Gasteiger partial charge in [-0.05, 0) is 48.9 Å². The van der Waals surface area contributed by atoms with Crippen molar-refractivity contribution >= 4 is 17.5 Å². The van der Waals surface area contributed by atoms with Crippen molar-refractivity contribution in [2.45, 2.75) is 6.92 Å². The summed E-state index contributed by atoms with van der Waals surface area (Å²) in [6.45, 7) is 1.89. The molecule has 0 unspecified atom stereocenters. The fourth-order valence-corrected chi connectivity index (χ4v) is 1.90. The highest BCUT2D eigenvalue weighted by molar-refractivity contribution is 5.95. The van der Waals surface area contributed by atoms with Crippen LogP contribution < -0.4 is 15.4 Å². The van der Waals surface area contributed by atoms with Gasteiger partial charge in [-0.3, -0.25) is 9.59 Å². The molecule has 0 aromatic heterocycles. The Balaban J connectivity index is 1.88. The largest absolute Gasteiger partial charge is 0.484 e. The molecule has 0 saturated carbocycles. The Hall–Kier alpha value is -2.82. The van der Waals surface area contributed by atoms with E-state index in [0.29, 0.717) is 17.0 Å². The van der Waals surface area contributed by atoms with Crippen LogP contribution in [-0.2, 0) is 4.79 Å². The van der Waals surface area contributed by atoms with Gasteiger partial charge in [0.05, 0.1) is 0 Å². The van der Waals surface area contributed by atoms with Crippen molar-refractivity contribution < 1.29 is 14.3 Å². The van der Waals surface area contributed by atoms with Gasteiger partial charge in [-0.15, -0.1) is 0 Å². The lowest BCUT2D eigenvalue weighted by Crippen LogP contribution is -2.20. The van der Waals surface area contributed by atoms with Gasteiger partial charge in [0.25, 0.3) is 11.8 Å². The van der Waals surface area contributed by atoms with Gasteiger partial charge < -0.3 is 15.4 Å². The van der Waals surface area contributed by atoms with E-state index >= 15 is 0 Å². The van der Waals surface area contributed by atoms with E-state index in [2.05, 4.69) is 10.6 Å². The SMILES string of the molecule is CNC(=O)c1ccc(NC(=O)COc2cccc(C)c2)cc1. The van der Waals surface area contributed by atoms with Crippen molar-refractivity contribution in [1.29, 1.82) is 0 Å². The molecule has 0 heterocycles. The van der Waals surface area contributed by atoms with Crippen molar-refractivity contribution in [2.24, 2.45) is 0 Å². The van der Waals surface area contributed by atoms with Gasteiger partial charge >= 0.3 is 0 Å². The maximum absolute atomic E-state index is 11.8. The zero-order valence-electron chi connectivity index (χ0n) is 12.6. The molecule has 5 nitrogen and oxygen atoms in total. The number of ether oxygens (including phenoxy) is 1. The van der Waals surface area contributed by atoms with Gasteiger partial charge in [-0.2, -0.15) is 0 Å². The van der Waals surface area contributed by atoms with E-state index in [1.807, 2.05) is 25.1 Å². The van der Waals surface area contributed by atoms with E-state index in [1.54, 1.807) is 37.4 Å². The van der Waals surface area contributed by atoms with Gasteiger partial charge in [0.15, 0.2) is 6.61 Å². The van der Waals surface area contributed by atoms with Crippen molar-refractivity contribution in [3.8, 4) is 5.75 Å². The van der Waals surface area contributed by atoms with Gasteiger partial charge in [0.2, 0.25) is 0 Å². The lowest BCUT2D eigenvalue weighted by molar-refractivity contribution is -0.118. The highest BCUT2D eigenvalue weighted by Gasteiger charge is 2.06. The first-order chi connectivity index (χ1) is 10.6. The van der Waals surface area contributed by atoms with Crippen LogP contribution in [0.15, 0.2) is 48.5 Å². The second kappa shape index (κ2) is 7.26. The number of hydrogen-bond donors (Lipinski definition) is 2. The zero-order valence-corrected chi connectivity index (χ0v) is 12.6. The second-order valence-electron chi connectivity index (χ2n) is 4.81. The summed E-state index contributed by atoms with van der Waals surface area (Å²) in [7, 11) is 1.57. The first kappa shape index (κ1) is 15.6. The molecule has 2 rings (SSSR count). The van der Waals surface area contributed by atoms with Crippen LogP contribution in [0.5, 0.6) is 5.75 Å². The molecule has 0 aliphatic carbocycles. The van der Waals surface area contributed by atoms with Crippen molar-refractivity contribution in [1.82, 2.24) is 5.32 Å². The molecule has 2 aromatic rings. The summed E-state index contributed by atoms with van der Waals surface area (Å²) in [4.78, 5) is 23.2. The predicted molar refractivity (Wildman–Crippen MR) is 85.1 cm³/mol. The fourth-order valence-electron chi connectivity index (χ4n) is 1.90. The summed E-state index contributed by atoms with van der Waals surface area (Å²) >= 11 is 0. The first-order valence-electron chi connectivity index (χ1n) is 6.90. The molecule has 0 saturated heterocycles.